The van der Waals surface area contributed by atoms with Crippen LogP contribution in [0.25, 0.3) is 10.9 Å². The summed E-state index contributed by atoms with van der Waals surface area (Å²) in [5.41, 5.74) is 7.94. The quantitative estimate of drug-likeness (QED) is 0.737. The van der Waals surface area contributed by atoms with Crippen LogP contribution in [0.3, 0.4) is 0 Å². The van der Waals surface area contributed by atoms with Gasteiger partial charge in [0.25, 0.3) is 0 Å². The zero-order valence-electron chi connectivity index (χ0n) is 10.1. The molecule has 5 heteroatoms. The van der Waals surface area contributed by atoms with Crippen molar-refractivity contribution in [3.63, 3.8) is 0 Å². The van der Waals surface area contributed by atoms with Gasteiger partial charge in [-0.25, -0.2) is 0 Å². The Morgan fingerprint density at radius 3 is 2.94 bits per heavy atom. The highest BCUT2D eigenvalue weighted by Crippen LogP contribution is 2.20. The first-order valence-corrected chi connectivity index (χ1v) is 5.87. The van der Waals surface area contributed by atoms with E-state index in [9.17, 15) is 0 Å². The highest BCUT2D eigenvalue weighted by atomic mass is 16.4. The van der Waals surface area contributed by atoms with E-state index in [1.54, 1.807) is 0 Å². The van der Waals surface area contributed by atoms with Gasteiger partial charge in [0.1, 0.15) is 0 Å². The summed E-state index contributed by atoms with van der Waals surface area (Å²) in [6, 6.07) is 7.91. The zero-order valence-corrected chi connectivity index (χ0v) is 10.1. The Morgan fingerprint density at radius 2 is 2.17 bits per heavy atom. The van der Waals surface area contributed by atoms with Gasteiger partial charge in [0.15, 0.2) is 0 Å². The van der Waals surface area contributed by atoms with E-state index >= 15 is 0 Å². The molecule has 0 radical (unpaired) electrons. The fraction of sp³-hybridized carbons (Fsp3) is 0.231. The largest absolute Gasteiger partial charge is 0.423 e. The van der Waals surface area contributed by atoms with Crippen molar-refractivity contribution in [1.82, 2.24) is 15.2 Å². The fourth-order valence-corrected chi connectivity index (χ4v) is 1.96. The number of nitrogens with two attached hydrogens (primary N) is 1. The summed E-state index contributed by atoms with van der Waals surface area (Å²) in [4.78, 5) is 3.22. The minimum Gasteiger partial charge on any atom is -0.423 e. The minimum absolute atomic E-state index is 0.228. The summed E-state index contributed by atoms with van der Waals surface area (Å²) in [6.07, 6.45) is 2.59. The number of hydrogen-bond acceptors (Lipinski definition) is 4. The Kier molecular flexibility index (Phi) is 2.60. The second-order valence-electron chi connectivity index (χ2n) is 4.36. The summed E-state index contributed by atoms with van der Waals surface area (Å²) in [7, 11) is 0. The molecule has 3 rings (SSSR count). The van der Waals surface area contributed by atoms with Gasteiger partial charge in [0.05, 0.1) is 12.5 Å². The molecule has 1 atom stereocenters. The molecular formula is C13H14N4O. The second kappa shape index (κ2) is 4.27. The maximum absolute atomic E-state index is 5.69. The van der Waals surface area contributed by atoms with Gasteiger partial charge in [-0.2, -0.15) is 0 Å². The van der Waals surface area contributed by atoms with Crippen LogP contribution in [0.5, 0.6) is 0 Å². The first-order valence-electron chi connectivity index (χ1n) is 5.87. The van der Waals surface area contributed by atoms with Crippen LogP contribution in [0.1, 0.15) is 30.3 Å². The van der Waals surface area contributed by atoms with Gasteiger partial charge >= 0.3 is 0 Å². The van der Waals surface area contributed by atoms with Crippen molar-refractivity contribution in [3.05, 3.63) is 47.8 Å². The number of nitrogens with one attached hydrogen (secondary N) is 1. The fourth-order valence-electron chi connectivity index (χ4n) is 1.96. The molecule has 0 aliphatic rings. The Labute approximate surface area is 104 Å². The van der Waals surface area contributed by atoms with Gasteiger partial charge in [-0.3, -0.25) is 0 Å². The van der Waals surface area contributed by atoms with Crippen molar-refractivity contribution in [2.24, 2.45) is 5.73 Å². The molecule has 3 N–H and O–H groups in total. The average molecular weight is 242 g/mol. The van der Waals surface area contributed by atoms with Crippen LogP contribution in [0.2, 0.25) is 0 Å². The van der Waals surface area contributed by atoms with Gasteiger partial charge in [-0.15, -0.1) is 10.2 Å². The Balaban J connectivity index is 1.91. The SMILES string of the molecule is CC(N)c1nnc(Cc2c[nH]c3ccccc23)o1. The summed E-state index contributed by atoms with van der Waals surface area (Å²) in [6.45, 7) is 1.82. The number of nitrogens with zero attached hydrogens (tertiary/aromatic N) is 2. The lowest BCUT2D eigenvalue weighted by molar-refractivity contribution is 0.434. The van der Waals surface area contributed by atoms with Crippen LogP contribution in [-0.2, 0) is 6.42 Å². The van der Waals surface area contributed by atoms with Crippen molar-refractivity contribution < 1.29 is 4.42 Å². The van der Waals surface area contributed by atoms with Crippen LogP contribution in [0.15, 0.2) is 34.9 Å². The number of aromatic nitrogens is 3. The van der Waals surface area contributed by atoms with Crippen molar-refractivity contribution in [2.75, 3.05) is 0 Å². The van der Waals surface area contributed by atoms with Gasteiger partial charge in [0.2, 0.25) is 11.8 Å². The lowest BCUT2D eigenvalue weighted by Crippen LogP contribution is -2.04. The highest BCUT2D eigenvalue weighted by molar-refractivity contribution is 5.83. The van der Waals surface area contributed by atoms with Gasteiger partial charge in [0, 0.05) is 17.1 Å². The first-order chi connectivity index (χ1) is 8.74. The maximum Gasteiger partial charge on any atom is 0.232 e. The summed E-state index contributed by atoms with van der Waals surface area (Å²) >= 11 is 0. The molecule has 2 aromatic heterocycles. The molecule has 0 spiro atoms. The molecule has 0 amide bonds. The smallest absolute Gasteiger partial charge is 0.232 e. The number of rotatable bonds is 3. The normalized spacial score (nSPS) is 13.0. The summed E-state index contributed by atoms with van der Waals surface area (Å²) < 4.78 is 5.51. The molecular weight excluding hydrogens is 228 g/mol. The second-order valence-corrected chi connectivity index (χ2v) is 4.36. The number of H-pyrrole nitrogens is 1. The van der Waals surface area contributed by atoms with E-state index in [0.717, 1.165) is 11.1 Å². The van der Waals surface area contributed by atoms with E-state index < -0.39 is 0 Å². The summed E-state index contributed by atoms with van der Waals surface area (Å²) in [5, 5.41) is 9.11. The maximum atomic E-state index is 5.69. The molecule has 5 nitrogen and oxygen atoms in total. The van der Waals surface area contributed by atoms with Crippen molar-refractivity contribution >= 4 is 10.9 Å². The van der Waals surface area contributed by atoms with E-state index in [-0.39, 0.29) is 6.04 Å². The van der Waals surface area contributed by atoms with Crippen LogP contribution in [0, 0.1) is 0 Å². The Hall–Kier alpha value is -2.14. The molecule has 0 fully saturated rings. The van der Waals surface area contributed by atoms with E-state index in [1.807, 2.05) is 31.3 Å². The van der Waals surface area contributed by atoms with Crippen molar-refractivity contribution in [2.45, 2.75) is 19.4 Å². The van der Waals surface area contributed by atoms with Crippen molar-refractivity contribution in [3.8, 4) is 0 Å². The molecule has 0 saturated heterocycles. The molecule has 0 saturated carbocycles. The number of fused-ring (bicyclic) bond motifs is 1. The third-order valence-electron chi connectivity index (χ3n) is 2.89. The van der Waals surface area contributed by atoms with E-state index in [4.69, 9.17) is 10.2 Å². The van der Waals surface area contributed by atoms with E-state index in [2.05, 4.69) is 21.2 Å². The standard InChI is InChI=1S/C13H14N4O/c1-8(14)13-17-16-12(18-13)6-9-7-15-11-5-3-2-4-10(9)11/h2-5,7-8,15H,6,14H2,1H3. The van der Waals surface area contributed by atoms with Crippen LogP contribution < -0.4 is 5.73 Å². The van der Waals surface area contributed by atoms with Gasteiger partial charge in [-0.1, -0.05) is 18.2 Å². The van der Waals surface area contributed by atoms with Crippen LogP contribution in [0.4, 0.5) is 0 Å². The Bertz CT molecular complexity index is 668. The zero-order chi connectivity index (χ0) is 12.5. The molecule has 18 heavy (non-hydrogen) atoms. The minimum atomic E-state index is -0.228. The van der Waals surface area contributed by atoms with E-state index in [1.165, 1.54) is 5.39 Å². The number of para-hydroxylation sites is 1. The average Bonchev–Trinajstić information content (AvgIpc) is 2.98. The molecule has 1 aromatic carbocycles. The van der Waals surface area contributed by atoms with E-state index in [0.29, 0.717) is 18.2 Å². The van der Waals surface area contributed by atoms with Crippen molar-refractivity contribution in [1.29, 1.82) is 0 Å². The highest BCUT2D eigenvalue weighted by Gasteiger charge is 2.12. The predicted octanol–water partition coefficient (Wildman–Crippen LogP) is 2.16. The van der Waals surface area contributed by atoms with Gasteiger partial charge < -0.3 is 15.1 Å². The third-order valence-corrected chi connectivity index (χ3v) is 2.89. The predicted molar refractivity (Wildman–Crippen MR) is 68.0 cm³/mol. The number of aromatic amines is 1. The molecule has 92 valence electrons. The number of benzene rings is 1. The van der Waals surface area contributed by atoms with Crippen LogP contribution >= 0.6 is 0 Å². The molecule has 3 aromatic rings. The number of hydrogen-bond donors (Lipinski definition) is 2. The molecule has 0 aliphatic carbocycles. The van der Waals surface area contributed by atoms with Crippen LogP contribution in [-0.4, -0.2) is 15.2 Å². The topological polar surface area (TPSA) is 80.7 Å². The Morgan fingerprint density at radius 1 is 1.33 bits per heavy atom. The van der Waals surface area contributed by atoms with Gasteiger partial charge in [-0.05, 0) is 18.6 Å². The molecule has 0 aliphatic heterocycles. The lowest BCUT2D eigenvalue weighted by Gasteiger charge is -1.96. The first kappa shape index (κ1) is 11.0. The third kappa shape index (κ3) is 1.89. The molecule has 2 heterocycles. The summed E-state index contributed by atoms with van der Waals surface area (Å²) in [5.74, 6) is 1.07. The molecule has 1 unspecified atom stereocenters. The lowest BCUT2D eigenvalue weighted by atomic mass is 10.1. The molecule has 0 bridgehead atoms. The monoisotopic (exact) mass is 242 g/mol.